The highest BCUT2D eigenvalue weighted by atomic mass is 35.5. The minimum atomic E-state index is -0.453. The topological polar surface area (TPSA) is 75.1 Å². The van der Waals surface area contributed by atoms with Crippen molar-refractivity contribution in [2.45, 2.75) is 13.5 Å². The summed E-state index contributed by atoms with van der Waals surface area (Å²) in [5.41, 5.74) is 2.11. The summed E-state index contributed by atoms with van der Waals surface area (Å²) in [5.74, 6) is 0.452. The number of nitrogens with one attached hydrogen (secondary N) is 1. The second-order valence-corrected chi connectivity index (χ2v) is 6.48. The Balaban J connectivity index is 2.00. The van der Waals surface area contributed by atoms with Gasteiger partial charge in [-0.25, -0.2) is 4.39 Å². The maximum atomic E-state index is 13.2. The normalized spacial score (nSPS) is 10.4. The number of ether oxygens (including phenoxy) is 2. The van der Waals surface area contributed by atoms with E-state index in [0.29, 0.717) is 33.9 Å². The lowest BCUT2D eigenvalue weighted by atomic mass is 9.99. The Morgan fingerprint density at radius 3 is 2.61 bits per heavy atom. The molecular formula is C21H16ClFN2O3. The molecule has 1 heterocycles. The van der Waals surface area contributed by atoms with Gasteiger partial charge >= 0.3 is 0 Å². The Morgan fingerprint density at radius 2 is 1.93 bits per heavy atom. The van der Waals surface area contributed by atoms with E-state index in [-0.39, 0.29) is 17.2 Å². The second-order valence-electron chi connectivity index (χ2n) is 6.07. The van der Waals surface area contributed by atoms with Crippen molar-refractivity contribution in [2.24, 2.45) is 0 Å². The first-order valence-electron chi connectivity index (χ1n) is 8.32. The number of aromatic amines is 1. The predicted octanol–water partition coefficient (Wildman–Crippen LogP) is 4.60. The molecule has 28 heavy (non-hydrogen) atoms. The van der Waals surface area contributed by atoms with Crippen LogP contribution in [-0.2, 0) is 6.61 Å². The number of hydrogen-bond donors (Lipinski definition) is 1. The monoisotopic (exact) mass is 398 g/mol. The van der Waals surface area contributed by atoms with E-state index in [2.05, 4.69) is 4.98 Å². The van der Waals surface area contributed by atoms with E-state index in [1.165, 1.54) is 25.3 Å². The summed E-state index contributed by atoms with van der Waals surface area (Å²) >= 11 is 6.00. The average Bonchev–Trinajstić information content (AvgIpc) is 2.66. The molecule has 0 bridgehead atoms. The lowest BCUT2D eigenvalue weighted by Gasteiger charge is -2.14. The molecule has 142 valence electrons. The Kier molecular flexibility index (Phi) is 5.67. The van der Waals surface area contributed by atoms with Gasteiger partial charge in [0.2, 0.25) is 0 Å². The van der Waals surface area contributed by atoms with Crippen LogP contribution in [0.25, 0.3) is 11.1 Å². The van der Waals surface area contributed by atoms with Crippen LogP contribution >= 0.6 is 11.6 Å². The molecule has 3 aromatic rings. The number of rotatable bonds is 5. The van der Waals surface area contributed by atoms with Gasteiger partial charge in [0.05, 0.1) is 12.1 Å². The molecule has 0 amide bonds. The minimum Gasteiger partial charge on any atom is -0.496 e. The molecular weight excluding hydrogens is 383 g/mol. The van der Waals surface area contributed by atoms with Crippen LogP contribution in [0.4, 0.5) is 4.39 Å². The zero-order chi connectivity index (χ0) is 20.3. The third kappa shape index (κ3) is 4.00. The van der Waals surface area contributed by atoms with Gasteiger partial charge in [-0.2, -0.15) is 5.26 Å². The lowest BCUT2D eigenvalue weighted by Crippen LogP contribution is -2.12. The molecule has 0 fully saturated rings. The van der Waals surface area contributed by atoms with Crippen molar-refractivity contribution < 1.29 is 13.9 Å². The first-order chi connectivity index (χ1) is 13.4. The summed E-state index contributed by atoms with van der Waals surface area (Å²) in [6.45, 7) is 1.85. The van der Waals surface area contributed by atoms with Gasteiger partial charge in [-0.15, -0.1) is 0 Å². The molecule has 0 aliphatic rings. The number of aromatic nitrogens is 1. The van der Waals surface area contributed by atoms with Crippen molar-refractivity contribution in [3.05, 3.63) is 80.5 Å². The molecule has 1 aromatic heterocycles. The van der Waals surface area contributed by atoms with Gasteiger partial charge in [0.25, 0.3) is 5.56 Å². The number of pyridine rings is 1. The summed E-state index contributed by atoms with van der Waals surface area (Å²) in [4.78, 5) is 14.7. The first-order valence-corrected chi connectivity index (χ1v) is 8.70. The number of hydrogen-bond acceptors (Lipinski definition) is 4. The van der Waals surface area contributed by atoms with Crippen LogP contribution in [0, 0.1) is 24.1 Å². The molecule has 2 aromatic carbocycles. The Hall–Kier alpha value is -3.30. The molecule has 1 N–H and O–H groups in total. The number of methoxy groups -OCH3 is 1. The average molecular weight is 399 g/mol. The van der Waals surface area contributed by atoms with E-state index in [1.807, 2.05) is 6.07 Å². The molecule has 0 aliphatic carbocycles. The van der Waals surface area contributed by atoms with E-state index >= 15 is 0 Å². The quantitative estimate of drug-likeness (QED) is 0.681. The fourth-order valence-electron chi connectivity index (χ4n) is 2.83. The number of benzene rings is 2. The summed E-state index contributed by atoms with van der Waals surface area (Å²) in [7, 11) is 1.53. The summed E-state index contributed by atoms with van der Waals surface area (Å²) in [6.07, 6.45) is 0. The van der Waals surface area contributed by atoms with E-state index in [9.17, 15) is 14.4 Å². The maximum Gasteiger partial charge on any atom is 0.266 e. The first kappa shape index (κ1) is 19.5. The molecule has 0 spiro atoms. The molecule has 0 atom stereocenters. The number of aryl methyl sites for hydroxylation is 1. The van der Waals surface area contributed by atoms with Gasteiger partial charge in [0.15, 0.2) is 0 Å². The third-order valence-corrected chi connectivity index (χ3v) is 4.44. The van der Waals surface area contributed by atoms with Gasteiger partial charge in [0, 0.05) is 16.8 Å². The SMILES string of the molecule is COc1ccc(-c2cc(C)[nH]c(=O)c2C#N)cc1COc1ccc(F)cc1Cl. The van der Waals surface area contributed by atoms with Crippen molar-refractivity contribution in [3.63, 3.8) is 0 Å². The van der Waals surface area contributed by atoms with E-state index in [0.717, 1.165) is 0 Å². The van der Waals surface area contributed by atoms with Gasteiger partial charge in [-0.3, -0.25) is 4.79 Å². The Morgan fingerprint density at radius 1 is 1.18 bits per heavy atom. The number of nitrogens with zero attached hydrogens (tertiary/aromatic N) is 1. The van der Waals surface area contributed by atoms with E-state index in [1.54, 1.807) is 31.2 Å². The molecule has 0 aliphatic heterocycles. The largest absolute Gasteiger partial charge is 0.496 e. The highest BCUT2D eigenvalue weighted by molar-refractivity contribution is 6.32. The highest BCUT2D eigenvalue weighted by Gasteiger charge is 2.14. The molecule has 7 heteroatoms. The fraction of sp³-hybridized carbons (Fsp3) is 0.143. The highest BCUT2D eigenvalue weighted by Crippen LogP contribution is 2.31. The number of nitriles is 1. The van der Waals surface area contributed by atoms with Crippen molar-refractivity contribution in [2.75, 3.05) is 7.11 Å². The van der Waals surface area contributed by atoms with Crippen molar-refractivity contribution in [1.29, 1.82) is 5.26 Å². The van der Waals surface area contributed by atoms with E-state index in [4.69, 9.17) is 21.1 Å². The van der Waals surface area contributed by atoms with Gasteiger partial charge in [-0.1, -0.05) is 17.7 Å². The van der Waals surface area contributed by atoms with Gasteiger partial charge in [-0.05, 0) is 48.9 Å². The fourth-order valence-corrected chi connectivity index (χ4v) is 3.06. The smallest absolute Gasteiger partial charge is 0.266 e. The zero-order valence-corrected chi connectivity index (χ0v) is 15.9. The maximum absolute atomic E-state index is 13.2. The van der Waals surface area contributed by atoms with Crippen LogP contribution in [0.1, 0.15) is 16.8 Å². The summed E-state index contributed by atoms with van der Waals surface area (Å²) in [5, 5.41) is 9.52. The van der Waals surface area contributed by atoms with Crippen LogP contribution in [0.2, 0.25) is 5.02 Å². The lowest BCUT2D eigenvalue weighted by molar-refractivity contribution is 0.296. The number of H-pyrrole nitrogens is 1. The van der Waals surface area contributed by atoms with Crippen LogP contribution in [-0.4, -0.2) is 12.1 Å². The van der Waals surface area contributed by atoms with Crippen LogP contribution in [0.5, 0.6) is 11.5 Å². The molecule has 0 radical (unpaired) electrons. The molecule has 0 saturated heterocycles. The Labute approximate surface area is 165 Å². The molecule has 5 nitrogen and oxygen atoms in total. The molecule has 3 rings (SSSR count). The second kappa shape index (κ2) is 8.15. The molecule has 0 unspecified atom stereocenters. The van der Waals surface area contributed by atoms with Crippen molar-refractivity contribution in [1.82, 2.24) is 4.98 Å². The van der Waals surface area contributed by atoms with Crippen LogP contribution in [0.3, 0.4) is 0 Å². The summed E-state index contributed by atoms with van der Waals surface area (Å²) < 4.78 is 24.3. The van der Waals surface area contributed by atoms with Gasteiger partial charge < -0.3 is 14.5 Å². The summed E-state index contributed by atoms with van der Waals surface area (Å²) in [6, 6.07) is 12.8. The standard InChI is InChI=1S/C21H16ClFN2O3/c1-12-7-16(17(10-24)21(26)25-12)13-3-5-19(27-2)14(8-13)11-28-20-6-4-15(23)9-18(20)22/h3-9H,11H2,1-2H3,(H,25,26). The predicted molar refractivity (Wildman–Crippen MR) is 104 cm³/mol. The van der Waals surface area contributed by atoms with Crippen molar-refractivity contribution >= 4 is 11.6 Å². The third-order valence-electron chi connectivity index (χ3n) is 4.15. The van der Waals surface area contributed by atoms with Crippen molar-refractivity contribution in [3.8, 4) is 28.7 Å². The zero-order valence-electron chi connectivity index (χ0n) is 15.2. The van der Waals surface area contributed by atoms with Gasteiger partial charge in [0.1, 0.15) is 35.6 Å². The van der Waals surface area contributed by atoms with Crippen LogP contribution in [0.15, 0.2) is 47.3 Å². The van der Waals surface area contributed by atoms with Crippen LogP contribution < -0.4 is 15.0 Å². The number of halogens is 2. The minimum absolute atomic E-state index is 0.0317. The van der Waals surface area contributed by atoms with E-state index < -0.39 is 11.4 Å². The molecule has 0 saturated carbocycles. The Bertz CT molecular complexity index is 1140.